The summed E-state index contributed by atoms with van der Waals surface area (Å²) in [5.41, 5.74) is 19.6. The maximum Gasteiger partial charge on any atom is 0.303 e. The minimum absolute atomic E-state index is 0.0910. The molecule has 0 aliphatic carbocycles. The number of hydrogen-bond acceptors (Lipinski definition) is 6. The molecular weight excluding hydrogens is 488 g/mol. The van der Waals surface area contributed by atoms with Crippen molar-refractivity contribution < 1.29 is 24.3 Å². The Kier molecular flexibility index (Phi) is 11.9. The van der Waals surface area contributed by atoms with E-state index in [0.717, 1.165) is 16.7 Å². The van der Waals surface area contributed by atoms with Gasteiger partial charge in [0.05, 0.1) is 11.9 Å². The van der Waals surface area contributed by atoms with E-state index >= 15 is 0 Å². The van der Waals surface area contributed by atoms with Gasteiger partial charge in [-0.1, -0.05) is 54.6 Å². The van der Waals surface area contributed by atoms with Gasteiger partial charge in [0, 0.05) is 19.4 Å². The van der Waals surface area contributed by atoms with E-state index in [1.165, 1.54) is 0 Å². The molecule has 0 saturated heterocycles. The predicted molar refractivity (Wildman–Crippen MR) is 145 cm³/mol. The molecule has 3 unspecified atom stereocenters. The summed E-state index contributed by atoms with van der Waals surface area (Å²) in [5, 5.41) is 14.1. The van der Waals surface area contributed by atoms with Crippen molar-refractivity contribution in [2.24, 2.45) is 22.2 Å². The molecule has 2 aromatic rings. The van der Waals surface area contributed by atoms with E-state index in [4.69, 9.17) is 22.3 Å². The first-order chi connectivity index (χ1) is 18.1. The van der Waals surface area contributed by atoms with Gasteiger partial charge in [0.1, 0.15) is 12.1 Å². The fraction of sp³-hybridized carbons (Fsp3) is 0.370. The second kappa shape index (κ2) is 15.1. The van der Waals surface area contributed by atoms with Gasteiger partial charge in [0.2, 0.25) is 17.7 Å². The fourth-order valence-corrected chi connectivity index (χ4v) is 3.71. The van der Waals surface area contributed by atoms with Crippen molar-refractivity contribution in [2.45, 2.75) is 57.2 Å². The molecule has 0 spiro atoms. The third kappa shape index (κ3) is 10.4. The molecule has 204 valence electrons. The van der Waals surface area contributed by atoms with Crippen LogP contribution in [0.3, 0.4) is 0 Å². The van der Waals surface area contributed by atoms with Crippen molar-refractivity contribution >= 4 is 29.5 Å². The van der Waals surface area contributed by atoms with Crippen molar-refractivity contribution in [2.75, 3.05) is 6.54 Å². The molecule has 2 rings (SSSR count). The number of nitrogens with zero attached hydrogens (tertiary/aromatic N) is 1. The Bertz CT molecular complexity index is 1120. The molecule has 0 aliphatic heterocycles. The summed E-state index contributed by atoms with van der Waals surface area (Å²) in [5.74, 6) is -2.68. The molecule has 3 atom stereocenters. The molecule has 0 heterocycles. The van der Waals surface area contributed by atoms with Crippen molar-refractivity contribution in [3.63, 3.8) is 0 Å². The van der Waals surface area contributed by atoms with Crippen LogP contribution in [0.2, 0.25) is 0 Å². The first kappa shape index (κ1) is 30.0. The Labute approximate surface area is 221 Å². The summed E-state index contributed by atoms with van der Waals surface area (Å²) in [6.45, 7) is 2.02. The lowest BCUT2D eigenvalue weighted by molar-refractivity contribution is -0.137. The molecule has 0 radical (unpaired) electrons. The third-order valence-electron chi connectivity index (χ3n) is 5.81. The number of amides is 3. The Morgan fingerprint density at radius 1 is 0.868 bits per heavy atom. The smallest absolute Gasteiger partial charge is 0.303 e. The molecule has 0 aromatic heterocycles. The monoisotopic (exact) mass is 524 g/mol. The SMILES string of the molecule is CC(N)=NCCCC(NC(=O)C(Cc1ccc(-c2ccccc2)cc1)NC(=O)C(N)CCC(=O)O)C(N)=O. The standard InChI is InChI=1S/C27H36N6O5/c1-17(28)31-15-5-8-22(25(30)36)32-27(38)23(33-26(37)21(29)13-14-24(34)35)16-18-9-11-20(12-10-18)19-6-3-2-4-7-19/h2-4,6-7,9-12,21-23H,5,8,13-16,29H2,1H3,(H2,28,31)(H2,30,36)(H,32,38)(H,33,37)(H,34,35). The van der Waals surface area contributed by atoms with Crippen LogP contribution in [0.4, 0.5) is 0 Å². The third-order valence-corrected chi connectivity index (χ3v) is 5.81. The number of hydrogen-bond donors (Lipinski definition) is 6. The van der Waals surface area contributed by atoms with E-state index in [0.29, 0.717) is 18.8 Å². The lowest BCUT2D eigenvalue weighted by Gasteiger charge is -2.23. The van der Waals surface area contributed by atoms with Gasteiger partial charge >= 0.3 is 5.97 Å². The highest BCUT2D eigenvalue weighted by Gasteiger charge is 2.27. The minimum Gasteiger partial charge on any atom is -0.481 e. The van der Waals surface area contributed by atoms with Gasteiger partial charge in [-0.2, -0.15) is 0 Å². The molecular formula is C27H36N6O5. The predicted octanol–water partition coefficient (Wildman–Crippen LogP) is 0.700. The van der Waals surface area contributed by atoms with Crippen LogP contribution >= 0.6 is 0 Å². The zero-order chi connectivity index (χ0) is 28.1. The number of benzene rings is 2. The number of carboxylic acid groups (broad SMARTS) is 1. The summed E-state index contributed by atoms with van der Waals surface area (Å²) in [4.78, 5) is 52.8. The molecule has 0 bridgehead atoms. The lowest BCUT2D eigenvalue weighted by Crippen LogP contribution is -2.56. The zero-order valence-electron chi connectivity index (χ0n) is 21.4. The summed E-state index contributed by atoms with van der Waals surface area (Å²) in [6, 6.07) is 14.1. The first-order valence-corrected chi connectivity index (χ1v) is 12.3. The molecule has 2 aromatic carbocycles. The molecule has 11 heteroatoms. The van der Waals surface area contributed by atoms with Crippen molar-refractivity contribution in [3.05, 3.63) is 60.2 Å². The number of aliphatic imine (C=N–C) groups is 1. The van der Waals surface area contributed by atoms with Gasteiger partial charge in [0.25, 0.3) is 0 Å². The number of carbonyl (C=O) groups excluding carboxylic acids is 3. The molecule has 0 fully saturated rings. The minimum atomic E-state index is -1.12. The van der Waals surface area contributed by atoms with Gasteiger partial charge in [-0.15, -0.1) is 0 Å². The number of rotatable bonds is 15. The topological polar surface area (TPSA) is 203 Å². The maximum atomic E-state index is 13.2. The van der Waals surface area contributed by atoms with E-state index in [9.17, 15) is 19.2 Å². The summed E-state index contributed by atoms with van der Waals surface area (Å²) in [7, 11) is 0. The van der Waals surface area contributed by atoms with Crippen LogP contribution in [0.15, 0.2) is 59.6 Å². The van der Waals surface area contributed by atoms with Gasteiger partial charge in [-0.05, 0) is 42.9 Å². The number of nitrogens with one attached hydrogen (secondary N) is 2. The molecule has 9 N–H and O–H groups in total. The number of nitrogens with two attached hydrogens (primary N) is 3. The molecule has 0 saturated carbocycles. The van der Waals surface area contributed by atoms with Crippen molar-refractivity contribution in [3.8, 4) is 11.1 Å². The van der Waals surface area contributed by atoms with Crippen LogP contribution in [0.25, 0.3) is 11.1 Å². The summed E-state index contributed by atoms with van der Waals surface area (Å²) in [6.07, 6.45) is 0.427. The fourth-order valence-electron chi connectivity index (χ4n) is 3.71. The number of carboxylic acids is 1. The lowest BCUT2D eigenvalue weighted by atomic mass is 9.99. The van der Waals surface area contributed by atoms with Crippen LogP contribution in [0.5, 0.6) is 0 Å². The second-order valence-electron chi connectivity index (χ2n) is 9.00. The first-order valence-electron chi connectivity index (χ1n) is 12.3. The van der Waals surface area contributed by atoms with E-state index in [1.54, 1.807) is 6.92 Å². The number of aliphatic carboxylic acids is 1. The Morgan fingerprint density at radius 2 is 1.47 bits per heavy atom. The number of primary amides is 1. The van der Waals surface area contributed by atoms with Crippen molar-refractivity contribution in [1.29, 1.82) is 0 Å². The molecule has 38 heavy (non-hydrogen) atoms. The Hall–Kier alpha value is -4.25. The molecule has 3 amide bonds. The van der Waals surface area contributed by atoms with Gasteiger partial charge < -0.3 is 32.9 Å². The van der Waals surface area contributed by atoms with Crippen LogP contribution in [-0.4, -0.2) is 59.3 Å². The van der Waals surface area contributed by atoms with Crippen LogP contribution in [-0.2, 0) is 25.6 Å². The maximum absolute atomic E-state index is 13.2. The highest BCUT2D eigenvalue weighted by Crippen LogP contribution is 2.20. The van der Waals surface area contributed by atoms with E-state index in [1.807, 2.05) is 54.6 Å². The van der Waals surface area contributed by atoms with E-state index in [-0.39, 0.29) is 25.7 Å². The van der Waals surface area contributed by atoms with Gasteiger partial charge in [-0.25, -0.2) is 0 Å². The quantitative estimate of drug-likeness (QED) is 0.112. The average molecular weight is 525 g/mol. The normalized spacial score (nSPS) is 13.7. The average Bonchev–Trinajstić information content (AvgIpc) is 2.89. The molecule has 0 aliphatic rings. The summed E-state index contributed by atoms with van der Waals surface area (Å²) < 4.78 is 0. The van der Waals surface area contributed by atoms with E-state index < -0.39 is 41.8 Å². The highest BCUT2D eigenvalue weighted by atomic mass is 16.4. The van der Waals surface area contributed by atoms with Gasteiger partial charge in [0.15, 0.2) is 0 Å². The van der Waals surface area contributed by atoms with Gasteiger partial charge in [-0.3, -0.25) is 24.2 Å². The zero-order valence-corrected chi connectivity index (χ0v) is 21.4. The number of carbonyl (C=O) groups is 4. The van der Waals surface area contributed by atoms with E-state index in [2.05, 4.69) is 15.6 Å². The van der Waals surface area contributed by atoms with Crippen LogP contribution in [0, 0.1) is 0 Å². The Morgan fingerprint density at radius 3 is 2.05 bits per heavy atom. The second-order valence-corrected chi connectivity index (χ2v) is 9.00. The largest absolute Gasteiger partial charge is 0.481 e. The summed E-state index contributed by atoms with van der Waals surface area (Å²) >= 11 is 0. The van der Waals surface area contributed by atoms with Crippen LogP contribution in [0.1, 0.15) is 38.2 Å². The Balaban J connectivity index is 2.17. The molecule has 11 nitrogen and oxygen atoms in total. The highest BCUT2D eigenvalue weighted by molar-refractivity contribution is 5.93. The van der Waals surface area contributed by atoms with Crippen LogP contribution < -0.4 is 27.8 Å². The van der Waals surface area contributed by atoms with Crippen molar-refractivity contribution in [1.82, 2.24) is 10.6 Å². The number of amidine groups is 1.